The van der Waals surface area contributed by atoms with Crippen LogP contribution in [0.1, 0.15) is 39.5 Å². The Balaban J connectivity index is 1.72. The van der Waals surface area contributed by atoms with E-state index in [2.05, 4.69) is 6.92 Å². The van der Waals surface area contributed by atoms with E-state index >= 15 is 0 Å². The number of carbonyl (C=O) groups is 3. The third kappa shape index (κ3) is 1.56. The van der Waals surface area contributed by atoms with E-state index in [1.165, 1.54) is 6.08 Å². The topological polar surface area (TPSA) is 60.4 Å². The molecule has 1 unspecified atom stereocenters. The van der Waals surface area contributed by atoms with Crippen LogP contribution >= 0.6 is 0 Å². The zero-order chi connectivity index (χ0) is 15.7. The molecule has 6 atom stereocenters. The van der Waals surface area contributed by atoms with Crippen LogP contribution in [0.4, 0.5) is 0 Å². The molecule has 2 saturated carbocycles. The first-order chi connectivity index (χ1) is 10.4. The van der Waals surface area contributed by atoms with Crippen molar-refractivity contribution in [2.75, 3.05) is 6.61 Å². The first kappa shape index (κ1) is 14.2. The second kappa shape index (κ2) is 4.30. The number of Topliss-reactive ketones (excluding diaryl/α,β-unsaturated/α-hetero) is 1. The van der Waals surface area contributed by atoms with Crippen LogP contribution in [0.5, 0.6) is 0 Å². The lowest BCUT2D eigenvalue weighted by Crippen LogP contribution is -2.55. The van der Waals surface area contributed by atoms with Crippen LogP contribution in [-0.2, 0) is 19.1 Å². The largest absolute Gasteiger partial charge is 0.465 e. The van der Waals surface area contributed by atoms with E-state index in [1.54, 1.807) is 0 Å². The number of fused-ring (bicyclic) bond motifs is 5. The molecule has 4 nitrogen and oxygen atoms in total. The number of carbonyl (C=O) groups excluding carboxylic acids is 3. The van der Waals surface area contributed by atoms with Gasteiger partial charge in [-0.05, 0) is 55.9 Å². The summed E-state index contributed by atoms with van der Waals surface area (Å²) < 4.78 is 5.38. The third-order valence-corrected chi connectivity index (χ3v) is 7.18. The second-order valence-corrected chi connectivity index (χ2v) is 7.99. The molecular formula is C18H22O4. The molecule has 0 N–H and O–H groups in total. The molecule has 1 aliphatic heterocycles. The number of esters is 1. The van der Waals surface area contributed by atoms with Gasteiger partial charge >= 0.3 is 5.97 Å². The van der Waals surface area contributed by atoms with Crippen LogP contribution in [-0.4, -0.2) is 24.1 Å². The van der Waals surface area contributed by atoms with Crippen LogP contribution in [0.15, 0.2) is 12.2 Å². The van der Waals surface area contributed by atoms with Gasteiger partial charge in [-0.15, -0.1) is 0 Å². The van der Waals surface area contributed by atoms with E-state index in [-0.39, 0.29) is 40.2 Å². The zero-order valence-electron chi connectivity index (χ0n) is 13.1. The van der Waals surface area contributed by atoms with Gasteiger partial charge in [0.15, 0.2) is 0 Å². The van der Waals surface area contributed by atoms with Crippen LogP contribution in [0, 0.1) is 34.5 Å². The Morgan fingerprint density at radius 1 is 1.09 bits per heavy atom. The molecule has 0 bridgehead atoms. The molecule has 0 radical (unpaired) electrons. The van der Waals surface area contributed by atoms with Gasteiger partial charge in [0.25, 0.3) is 0 Å². The molecule has 1 heterocycles. The summed E-state index contributed by atoms with van der Waals surface area (Å²) in [5.74, 6) is 0.265. The molecule has 118 valence electrons. The Kier molecular flexibility index (Phi) is 2.77. The van der Waals surface area contributed by atoms with Crippen LogP contribution in [0.25, 0.3) is 0 Å². The molecule has 3 aliphatic carbocycles. The minimum absolute atomic E-state index is 0.0475. The highest BCUT2D eigenvalue weighted by atomic mass is 16.5. The molecule has 4 heteroatoms. The quantitative estimate of drug-likeness (QED) is 0.509. The molecule has 22 heavy (non-hydrogen) atoms. The molecule has 4 aliphatic rings. The Hall–Kier alpha value is -1.45. The van der Waals surface area contributed by atoms with Gasteiger partial charge in [0.2, 0.25) is 11.6 Å². The Bertz CT molecular complexity index is 606. The average Bonchev–Trinajstić information content (AvgIpc) is 2.79. The lowest BCUT2D eigenvalue weighted by Gasteiger charge is -2.56. The van der Waals surface area contributed by atoms with Crippen molar-refractivity contribution >= 4 is 17.5 Å². The van der Waals surface area contributed by atoms with Crippen molar-refractivity contribution in [3.63, 3.8) is 0 Å². The Labute approximate surface area is 130 Å². The number of cyclic esters (lactones) is 1. The lowest BCUT2D eigenvalue weighted by molar-refractivity contribution is -0.151. The minimum Gasteiger partial charge on any atom is -0.465 e. The van der Waals surface area contributed by atoms with Gasteiger partial charge in [-0.3, -0.25) is 14.4 Å². The monoisotopic (exact) mass is 302 g/mol. The van der Waals surface area contributed by atoms with E-state index in [0.29, 0.717) is 18.4 Å². The summed E-state index contributed by atoms with van der Waals surface area (Å²) in [6.45, 7) is 4.70. The highest BCUT2D eigenvalue weighted by Gasteiger charge is 2.62. The summed E-state index contributed by atoms with van der Waals surface area (Å²) in [5.41, 5.74) is -0.580. The molecular weight excluding hydrogens is 280 g/mol. The molecule has 0 aromatic carbocycles. The van der Waals surface area contributed by atoms with Gasteiger partial charge in [-0.2, -0.15) is 0 Å². The summed E-state index contributed by atoms with van der Waals surface area (Å²) in [7, 11) is 0. The maximum atomic E-state index is 12.3. The SMILES string of the molecule is C[C@]12C=CC(=O)C(=O)C1CC[C@@H]1[C@@H]2CC[C@]2(C)C(=O)OC[C@@H]12. The zero-order valence-corrected chi connectivity index (χ0v) is 13.1. The number of allylic oxidation sites excluding steroid dienone is 2. The summed E-state index contributed by atoms with van der Waals surface area (Å²) in [6, 6.07) is 0. The summed E-state index contributed by atoms with van der Waals surface area (Å²) in [5, 5.41) is 0. The Morgan fingerprint density at radius 2 is 1.86 bits per heavy atom. The van der Waals surface area contributed by atoms with Gasteiger partial charge in [0, 0.05) is 11.8 Å². The predicted molar refractivity (Wildman–Crippen MR) is 78.8 cm³/mol. The molecule has 4 rings (SSSR count). The maximum absolute atomic E-state index is 12.3. The van der Waals surface area contributed by atoms with Crippen molar-refractivity contribution in [1.82, 2.24) is 0 Å². The number of ether oxygens (including phenoxy) is 1. The van der Waals surface area contributed by atoms with E-state index in [1.807, 2.05) is 13.0 Å². The molecule has 3 fully saturated rings. The summed E-state index contributed by atoms with van der Waals surface area (Å²) in [4.78, 5) is 36.2. The third-order valence-electron chi connectivity index (χ3n) is 7.18. The van der Waals surface area contributed by atoms with Crippen molar-refractivity contribution in [2.45, 2.75) is 39.5 Å². The molecule has 0 aromatic heterocycles. The van der Waals surface area contributed by atoms with Crippen LogP contribution in [0.3, 0.4) is 0 Å². The minimum atomic E-state index is -0.346. The highest BCUT2D eigenvalue weighted by molar-refractivity contribution is 6.43. The molecule has 1 saturated heterocycles. The fourth-order valence-corrected chi connectivity index (χ4v) is 5.76. The first-order valence-electron chi connectivity index (χ1n) is 8.32. The fraction of sp³-hybridized carbons (Fsp3) is 0.722. The van der Waals surface area contributed by atoms with Crippen molar-refractivity contribution in [1.29, 1.82) is 0 Å². The number of rotatable bonds is 0. The number of hydrogen-bond donors (Lipinski definition) is 0. The van der Waals surface area contributed by atoms with Gasteiger partial charge in [0.1, 0.15) is 0 Å². The van der Waals surface area contributed by atoms with E-state index < -0.39 is 0 Å². The lowest BCUT2D eigenvalue weighted by atomic mass is 9.46. The fourth-order valence-electron chi connectivity index (χ4n) is 5.76. The number of hydrogen-bond acceptors (Lipinski definition) is 4. The Morgan fingerprint density at radius 3 is 2.64 bits per heavy atom. The summed E-state index contributed by atoms with van der Waals surface area (Å²) in [6.07, 6.45) is 6.91. The van der Waals surface area contributed by atoms with Crippen LogP contribution < -0.4 is 0 Å². The standard InChI is InChI=1S/C18H22O4/c1-17-8-6-14(19)15(20)12(17)4-3-10-11(17)5-7-18(2)13(10)9-22-16(18)21/h6,8,10-13H,3-5,7,9H2,1-2H3/t10-,11+,12?,13+,17-,18+/m1/s1. The molecule has 0 aromatic rings. The first-order valence-corrected chi connectivity index (χ1v) is 8.32. The highest BCUT2D eigenvalue weighted by Crippen LogP contribution is 2.62. The van der Waals surface area contributed by atoms with Gasteiger partial charge < -0.3 is 4.74 Å². The predicted octanol–water partition coefficient (Wildman–Crippen LogP) is 2.32. The molecule has 0 amide bonds. The smallest absolute Gasteiger partial charge is 0.312 e. The van der Waals surface area contributed by atoms with E-state index in [0.717, 1.165) is 25.7 Å². The molecule has 0 spiro atoms. The average molecular weight is 302 g/mol. The summed E-state index contributed by atoms with van der Waals surface area (Å²) >= 11 is 0. The maximum Gasteiger partial charge on any atom is 0.312 e. The van der Waals surface area contributed by atoms with Gasteiger partial charge in [-0.1, -0.05) is 13.0 Å². The van der Waals surface area contributed by atoms with Crippen LogP contribution in [0.2, 0.25) is 0 Å². The van der Waals surface area contributed by atoms with Crippen molar-refractivity contribution < 1.29 is 19.1 Å². The van der Waals surface area contributed by atoms with E-state index in [4.69, 9.17) is 4.74 Å². The normalized spacial score (nSPS) is 50.2. The van der Waals surface area contributed by atoms with E-state index in [9.17, 15) is 14.4 Å². The second-order valence-electron chi connectivity index (χ2n) is 7.99. The van der Waals surface area contributed by atoms with Gasteiger partial charge in [-0.25, -0.2) is 0 Å². The number of ketones is 2. The van der Waals surface area contributed by atoms with Crippen molar-refractivity contribution in [3.8, 4) is 0 Å². The van der Waals surface area contributed by atoms with Crippen molar-refractivity contribution in [2.24, 2.45) is 34.5 Å². The van der Waals surface area contributed by atoms with Gasteiger partial charge in [0.05, 0.1) is 12.0 Å². The van der Waals surface area contributed by atoms with Crippen molar-refractivity contribution in [3.05, 3.63) is 12.2 Å².